The summed E-state index contributed by atoms with van der Waals surface area (Å²) in [5, 5.41) is 3.30. The van der Waals surface area contributed by atoms with Crippen LogP contribution in [-0.2, 0) is 0 Å². The highest BCUT2D eigenvalue weighted by Gasteiger charge is 2.16. The molecule has 4 nitrogen and oxygen atoms in total. The van der Waals surface area contributed by atoms with Crippen LogP contribution in [-0.4, -0.2) is 19.9 Å². The maximum Gasteiger partial charge on any atom is 0.160 e. The molecule has 234 valence electrons. The summed E-state index contributed by atoms with van der Waals surface area (Å²) in [6, 6.07) is 57.2. The van der Waals surface area contributed by atoms with Crippen molar-refractivity contribution in [3.63, 3.8) is 0 Å². The maximum absolute atomic E-state index is 5.31. The minimum atomic E-state index is 0.688. The Balaban J connectivity index is 1.24. The van der Waals surface area contributed by atoms with Crippen LogP contribution in [0.2, 0.25) is 0 Å². The Morgan fingerprint density at radius 2 is 1.00 bits per heavy atom. The highest BCUT2D eigenvalue weighted by molar-refractivity contribution is 6.09. The third kappa shape index (κ3) is 5.59. The van der Waals surface area contributed by atoms with E-state index in [0.29, 0.717) is 5.82 Å². The van der Waals surface area contributed by atoms with Gasteiger partial charge in [0.25, 0.3) is 0 Å². The van der Waals surface area contributed by atoms with Gasteiger partial charge in [-0.1, -0.05) is 121 Å². The van der Waals surface area contributed by atoms with Gasteiger partial charge in [-0.25, -0.2) is 9.97 Å². The second-order valence-corrected chi connectivity index (χ2v) is 12.4. The van der Waals surface area contributed by atoms with Crippen LogP contribution in [0.3, 0.4) is 0 Å². The van der Waals surface area contributed by atoms with Crippen molar-refractivity contribution in [2.45, 2.75) is 0 Å². The van der Waals surface area contributed by atoms with Crippen LogP contribution < -0.4 is 0 Å². The first-order chi connectivity index (χ1) is 24.8. The number of aromatic nitrogens is 4. The van der Waals surface area contributed by atoms with E-state index in [9.17, 15) is 0 Å². The van der Waals surface area contributed by atoms with Crippen molar-refractivity contribution >= 4 is 21.7 Å². The summed E-state index contributed by atoms with van der Waals surface area (Å²) in [4.78, 5) is 19.5. The maximum atomic E-state index is 5.31. The lowest BCUT2D eigenvalue weighted by Crippen LogP contribution is -1.97. The van der Waals surface area contributed by atoms with E-state index in [1.165, 1.54) is 0 Å². The zero-order chi connectivity index (χ0) is 33.3. The van der Waals surface area contributed by atoms with Crippen LogP contribution in [0.1, 0.15) is 0 Å². The van der Waals surface area contributed by atoms with Gasteiger partial charge in [0.15, 0.2) is 5.82 Å². The Morgan fingerprint density at radius 1 is 0.360 bits per heavy atom. The first-order valence-corrected chi connectivity index (χ1v) is 16.7. The molecule has 9 rings (SSSR count). The Labute approximate surface area is 290 Å². The fourth-order valence-electron chi connectivity index (χ4n) is 6.65. The van der Waals surface area contributed by atoms with Gasteiger partial charge in [0.05, 0.1) is 16.9 Å². The lowest BCUT2D eigenvalue weighted by atomic mass is 9.94. The fraction of sp³-hybridized carbons (Fsp3) is 0. The van der Waals surface area contributed by atoms with Crippen LogP contribution in [0.4, 0.5) is 0 Å². The van der Waals surface area contributed by atoms with Gasteiger partial charge in [0, 0.05) is 46.1 Å². The molecule has 0 bridgehead atoms. The number of hydrogen-bond acceptors (Lipinski definition) is 4. The summed E-state index contributed by atoms with van der Waals surface area (Å²) in [5.41, 5.74) is 12.5. The molecular formula is C46H30N4. The Kier molecular flexibility index (Phi) is 7.45. The number of hydrogen-bond donors (Lipinski definition) is 0. The molecule has 0 saturated carbocycles. The van der Waals surface area contributed by atoms with E-state index in [1.54, 1.807) is 6.20 Å². The Bertz CT molecular complexity index is 2500. The van der Waals surface area contributed by atoms with Gasteiger partial charge in [0.1, 0.15) is 0 Å². The summed E-state index contributed by atoms with van der Waals surface area (Å²) >= 11 is 0. The first-order valence-electron chi connectivity index (χ1n) is 16.7. The van der Waals surface area contributed by atoms with Crippen LogP contribution >= 0.6 is 0 Å². The quantitative estimate of drug-likeness (QED) is 0.170. The SMILES string of the molecule is c1ccc(-c2nc(-c3cc(-c4ccc(-c5cccnc5)cc4)cc(-c4ccc(-c5ccccn5)cc4)c3)nc3c2ccc2ccccc23)cc1. The van der Waals surface area contributed by atoms with Crippen molar-refractivity contribution in [1.82, 2.24) is 19.9 Å². The predicted molar refractivity (Wildman–Crippen MR) is 205 cm³/mol. The Morgan fingerprint density at radius 3 is 1.70 bits per heavy atom. The van der Waals surface area contributed by atoms with Crippen LogP contribution in [0.15, 0.2) is 182 Å². The topological polar surface area (TPSA) is 51.6 Å². The number of nitrogens with zero attached hydrogens (tertiary/aromatic N) is 4. The molecule has 6 aromatic carbocycles. The molecule has 0 spiro atoms. The van der Waals surface area contributed by atoms with Gasteiger partial charge < -0.3 is 0 Å². The molecule has 3 heterocycles. The average Bonchev–Trinajstić information content (AvgIpc) is 3.21. The Hall–Kier alpha value is -6.78. The zero-order valence-electron chi connectivity index (χ0n) is 27.1. The molecule has 0 amide bonds. The van der Waals surface area contributed by atoms with E-state index in [4.69, 9.17) is 9.97 Å². The van der Waals surface area contributed by atoms with E-state index in [2.05, 4.69) is 143 Å². The van der Waals surface area contributed by atoms with Crippen LogP contribution in [0.5, 0.6) is 0 Å². The van der Waals surface area contributed by atoms with Crippen molar-refractivity contribution < 1.29 is 0 Å². The predicted octanol–water partition coefficient (Wildman–Crippen LogP) is 11.6. The summed E-state index contributed by atoms with van der Waals surface area (Å²) in [5.74, 6) is 0.688. The van der Waals surface area contributed by atoms with E-state index >= 15 is 0 Å². The number of fused-ring (bicyclic) bond motifs is 3. The third-order valence-corrected chi connectivity index (χ3v) is 9.22. The minimum Gasteiger partial charge on any atom is -0.264 e. The average molecular weight is 639 g/mol. The summed E-state index contributed by atoms with van der Waals surface area (Å²) in [6.45, 7) is 0. The monoisotopic (exact) mass is 638 g/mol. The van der Waals surface area contributed by atoms with Crippen molar-refractivity contribution in [1.29, 1.82) is 0 Å². The smallest absolute Gasteiger partial charge is 0.160 e. The van der Waals surface area contributed by atoms with Gasteiger partial charge in [-0.15, -0.1) is 0 Å². The number of rotatable bonds is 6. The molecule has 0 saturated heterocycles. The van der Waals surface area contributed by atoms with Crippen molar-refractivity contribution in [2.75, 3.05) is 0 Å². The van der Waals surface area contributed by atoms with E-state index < -0.39 is 0 Å². The molecule has 50 heavy (non-hydrogen) atoms. The second-order valence-electron chi connectivity index (χ2n) is 12.4. The van der Waals surface area contributed by atoms with Gasteiger partial charge >= 0.3 is 0 Å². The molecule has 9 aromatic rings. The molecule has 0 aliphatic heterocycles. The molecule has 0 N–H and O–H groups in total. The molecule has 0 aliphatic rings. The summed E-state index contributed by atoms with van der Waals surface area (Å²) in [7, 11) is 0. The second kappa shape index (κ2) is 12.7. The normalized spacial score (nSPS) is 11.2. The first kappa shape index (κ1) is 29.4. The third-order valence-electron chi connectivity index (χ3n) is 9.22. The fourth-order valence-corrected chi connectivity index (χ4v) is 6.65. The standard InChI is InChI=1S/C46H30N4/c1-2-10-36(11-3-1)44-42-24-23-34-9-4-5-13-41(34)45(42)50-46(49-44)40-28-38(32-17-15-31(16-18-32)37-12-8-25-47-30-37)27-39(29-40)33-19-21-35(22-20-33)43-14-6-7-26-48-43/h1-30H. The van der Waals surface area contributed by atoms with Gasteiger partial charge in [-0.2, -0.15) is 0 Å². The number of pyridine rings is 2. The van der Waals surface area contributed by atoms with E-state index in [0.717, 1.165) is 83.1 Å². The van der Waals surface area contributed by atoms with Gasteiger partial charge in [0.2, 0.25) is 0 Å². The summed E-state index contributed by atoms with van der Waals surface area (Å²) in [6.07, 6.45) is 5.52. The van der Waals surface area contributed by atoms with Gasteiger partial charge in [-0.3, -0.25) is 9.97 Å². The van der Waals surface area contributed by atoms with E-state index in [-0.39, 0.29) is 0 Å². The number of benzene rings is 6. The largest absolute Gasteiger partial charge is 0.264 e. The van der Waals surface area contributed by atoms with Crippen molar-refractivity contribution in [3.05, 3.63) is 182 Å². The molecule has 0 aliphatic carbocycles. The molecule has 0 unspecified atom stereocenters. The van der Waals surface area contributed by atoms with E-state index in [1.807, 2.05) is 42.7 Å². The molecule has 0 atom stereocenters. The summed E-state index contributed by atoms with van der Waals surface area (Å²) < 4.78 is 0. The molecule has 4 heteroatoms. The molecule has 0 radical (unpaired) electrons. The van der Waals surface area contributed by atoms with Crippen LogP contribution in [0.25, 0.3) is 89.0 Å². The van der Waals surface area contributed by atoms with Crippen molar-refractivity contribution in [2.24, 2.45) is 0 Å². The van der Waals surface area contributed by atoms with Gasteiger partial charge in [-0.05, 0) is 81.2 Å². The lowest BCUT2D eigenvalue weighted by molar-refractivity contribution is 1.23. The molecular weight excluding hydrogens is 609 g/mol. The molecule has 0 fully saturated rings. The highest BCUT2D eigenvalue weighted by atomic mass is 14.9. The zero-order valence-corrected chi connectivity index (χ0v) is 27.1. The highest BCUT2D eigenvalue weighted by Crippen LogP contribution is 2.37. The molecule has 3 aromatic heterocycles. The lowest BCUT2D eigenvalue weighted by Gasteiger charge is -2.14. The van der Waals surface area contributed by atoms with Crippen molar-refractivity contribution in [3.8, 4) is 67.3 Å². The van der Waals surface area contributed by atoms with Crippen LogP contribution in [0, 0.1) is 0 Å². The minimum absolute atomic E-state index is 0.688.